The van der Waals surface area contributed by atoms with Gasteiger partial charge in [0.1, 0.15) is 12.7 Å². The van der Waals surface area contributed by atoms with Gasteiger partial charge in [0.25, 0.3) is 0 Å². The highest BCUT2D eigenvalue weighted by Gasteiger charge is 2.35. The zero-order valence-electron chi connectivity index (χ0n) is 30.5. The second-order valence-electron chi connectivity index (χ2n) is 13.9. The van der Waals surface area contributed by atoms with E-state index >= 15 is 0 Å². The van der Waals surface area contributed by atoms with Gasteiger partial charge < -0.3 is 24.6 Å². The highest BCUT2D eigenvalue weighted by molar-refractivity contribution is 7.47. The predicted octanol–water partition coefficient (Wildman–Crippen LogP) is 8.97. The molecule has 48 heavy (non-hydrogen) atoms. The molecule has 1 aliphatic rings. The molecule has 0 amide bonds. The minimum atomic E-state index is -4.60. The highest BCUT2D eigenvalue weighted by atomic mass is 31.2. The summed E-state index contributed by atoms with van der Waals surface area (Å²) in [7, 11) is -4.60. The molecule has 1 aliphatic carbocycles. The van der Waals surface area contributed by atoms with Gasteiger partial charge >= 0.3 is 19.8 Å². The summed E-state index contributed by atoms with van der Waals surface area (Å²) in [4.78, 5) is 34.8. The molecular formula is C37H71O10P. The quantitative estimate of drug-likeness (QED) is 0.0331. The number of aliphatic hydroxyl groups excluding tert-OH is 2. The van der Waals surface area contributed by atoms with Gasteiger partial charge in [-0.1, -0.05) is 142 Å². The number of unbranched alkanes of at least 4 members (excludes halogenated alkanes) is 17. The molecule has 11 heteroatoms. The van der Waals surface area contributed by atoms with Crippen LogP contribution >= 0.6 is 7.82 Å². The van der Waals surface area contributed by atoms with Crippen molar-refractivity contribution in [1.82, 2.24) is 0 Å². The Kier molecular flexibility index (Phi) is 27.8. The Hall–Kier alpha value is -1.03. The van der Waals surface area contributed by atoms with E-state index in [1.54, 1.807) is 0 Å². The Morgan fingerprint density at radius 2 is 1.08 bits per heavy atom. The van der Waals surface area contributed by atoms with Crippen LogP contribution in [0.2, 0.25) is 0 Å². The van der Waals surface area contributed by atoms with Crippen LogP contribution in [0.15, 0.2) is 0 Å². The smallest absolute Gasteiger partial charge is 0.462 e. The van der Waals surface area contributed by atoms with E-state index in [1.807, 2.05) is 0 Å². The molecule has 10 nitrogen and oxygen atoms in total. The third-order valence-electron chi connectivity index (χ3n) is 9.23. The number of ether oxygens (including phenoxy) is 2. The molecule has 3 unspecified atom stereocenters. The minimum Gasteiger partial charge on any atom is -0.462 e. The van der Waals surface area contributed by atoms with E-state index in [2.05, 4.69) is 18.4 Å². The van der Waals surface area contributed by atoms with Crippen LogP contribution in [0.1, 0.15) is 174 Å². The lowest BCUT2D eigenvalue weighted by Gasteiger charge is -2.20. The first-order valence-corrected chi connectivity index (χ1v) is 21.0. The number of hydrogen-bond donors (Lipinski definition) is 3. The summed E-state index contributed by atoms with van der Waals surface area (Å²) in [5.41, 5.74) is 0. The fourth-order valence-electron chi connectivity index (χ4n) is 6.06. The van der Waals surface area contributed by atoms with Crippen LogP contribution in [0.25, 0.3) is 0 Å². The van der Waals surface area contributed by atoms with Crippen LogP contribution < -0.4 is 0 Å². The average Bonchev–Trinajstić information content (AvgIpc) is 3.83. The molecule has 0 aliphatic heterocycles. The fourth-order valence-corrected chi connectivity index (χ4v) is 6.85. The van der Waals surface area contributed by atoms with Crippen molar-refractivity contribution in [2.75, 3.05) is 26.4 Å². The van der Waals surface area contributed by atoms with Crippen molar-refractivity contribution in [2.45, 2.75) is 187 Å². The van der Waals surface area contributed by atoms with Gasteiger partial charge in [-0.2, -0.15) is 0 Å². The fraction of sp³-hybridized carbons (Fsp3) is 0.946. The number of phosphoric acid groups is 1. The summed E-state index contributed by atoms with van der Waals surface area (Å²) in [5, 5.41) is 18.3. The van der Waals surface area contributed by atoms with Crippen molar-refractivity contribution in [3.05, 3.63) is 0 Å². The summed E-state index contributed by atoms with van der Waals surface area (Å²) in [6.45, 7) is 2.39. The molecule has 3 N–H and O–H groups in total. The van der Waals surface area contributed by atoms with Crippen LogP contribution in [0, 0.1) is 11.8 Å². The van der Waals surface area contributed by atoms with Gasteiger partial charge in [0, 0.05) is 12.8 Å². The SMILES string of the molecule is CCCCCCCCCCCCCC(=O)OC[C@H](COP(=O)(O)OC[C@@H](O)CO)OC(=O)CCCCCCCC1CC1CCCCCC. The van der Waals surface area contributed by atoms with Crippen LogP contribution in [0.5, 0.6) is 0 Å². The lowest BCUT2D eigenvalue weighted by atomic mass is 10.0. The number of esters is 2. The first kappa shape index (κ1) is 45.0. The monoisotopic (exact) mass is 706 g/mol. The van der Waals surface area contributed by atoms with Gasteiger partial charge in [-0.25, -0.2) is 4.57 Å². The van der Waals surface area contributed by atoms with E-state index in [-0.39, 0.29) is 19.4 Å². The van der Waals surface area contributed by atoms with E-state index in [9.17, 15) is 24.2 Å². The molecule has 1 saturated carbocycles. The maximum Gasteiger partial charge on any atom is 0.472 e. The molecule has 0 aromatic rings. The van der Waals surface area contributed by atoms with Crippen LogP contribution in [0.4, 0.5) is 0 Å². The topological polar surface area (TPSA) is 149 Å². The zero-order chi connectivity index (χ0) is 35.3. The van der Waals surface area contributed by atoms with Gasteiger partial charge in [-0.15, -0.1) is 0 Å². The van der Waals surface area contributed by atoms with Gasteiger partial charge in [0.05, 0.1) is 19.8 Å². The zero-order valence-corrected chi connectivity index (χ0v) is 31.4. The van der Waals surface area contributed by atoms with E-state index in [1.165, 1.54) is 96.3 Å². The molecule has 0 radical (unpaired) electrons. The molecular weight excluding hydrogens is 635 g/mol. The Morgan fingerprint density at radius 1 is 0.646 bits per heavy atom. The maximum atomic E-state index is 12.6. The third-order valence-corrected chi connectivity index (χ3v) is 10.2. The number of carbonyl (C=O) groups excluding carboxylic acids is 2. The Bertz CT molecular complexity index is 841. The Labute approximate surface area is 292 Å². The van der Waals surface area contributed by atoms with Crippen molar-refractivity contribution in [1.29, 1.82) is 0 Å². The number of rotatable bonds is 35. The van der Waals surface area contributed by atoms with Crippen LogP contribution in [-0.4, -0.2) is 65.7 Å². The molecule has 0 heterocycles. The lowest BCUT2D eigenvalue weighted by Crippen LogP contribution is -2.29. The minimum absolute atomic E-state index is 0.196. The number of carbonyl (C=O) groups is 2. The number of phosphoric ester groups is 1. The summed E-state index contributed by atoms with van der Waals surface area (Å²) < 4.78 is 32.6. The lowest BCUT2D eigenvalue weighted by molar-refractivity contribution is -0.161. The molecule has 0 spiro atoms. The van der Waals surface area contributed by atoms with E-state index in [4.69, 9.17) is 19.1 Å². The maximum absolute atomic E-state index is 12.6. The second kappa shape index (κ2) is 29.7. The molecule has 1 rings (SSSR count). The van der Waals surface area contributed by atoms with E-state index < -0.39 is 51.8 Å². The van der Waals surface area contributed by atoms with Crippen molar-refractivity contribution in [3.8, 4) is 0 Å². The molecule has 1 fully saturated rings. The molecule has 0 saturated heterocycles. The van der Waals surface area contributed by atoms with Crippen LogP contribution in [0.3, 0.4) is 0 Å². The highest BCUT2D eigenvalue weighted by Crippen LogP contribution is 2.46. The van der Waals surface area contributed by atoms with Crippen molar-refractivity contribution >= 4 is 19.8 Å². The second-order valence-corrected chi connectivity index (χ2v) is 15.3. The average molecular weight is 707 g/mol. The van der Waals surface area contributed by atoms with E-state index in [0.717, 1.165) is 50.4 Å². The molecule has 0 aromatic carbocycles. The van der Waals surface area contributed by atoms with Gasteiger partial charge in [0.15, 0.2) is 6.10 Å². The van der Waals surface area contributed by atoms with Gasteiger partial charge in [0.2, 0.25) is 0 Å². The first-order valence-electron chi connectivity index (χ1n) is 19.5. The number of hydrogen-bond acceptors (Lipinski definition) is 9. The summed E-state index contributed by atoms with van der Waals surface area (Å²) in [5.74, 6) is 0.971. The van der Waals surface area contributed by atoms with E-state index in [0.29, 0.717) is 12.8 Å². The van der Waals surface area contributed by atoms with Crippen molar-refractivity contribution in [3.63, 3.8) is 0 Å². The first-order chi connectivity index (χ1) is 23.2. The molecule has 5 atom stereocenters. The summed E-state index contributed by atoms with van der Waals surface area (Å²) in [6, 6.07) is 0. The summed E-state index contributed by atoms with van der Waals surface area (Å²) >= 11 is 0. The summed E-state index contributed by atoms with van der Waals surface area (Å²) in [6.07, 6.45) is 25.5. The van der Waals surface area contributed by atoms with Gasteiger partial charge in [-0.05, 0) is 31.1 Å². The number of aliphatic hydroxyl groups is 2. The predicted molar refractivity (Wildman–Crippen MR) is 189 cm³/mol. The van der Waals surface area contributed by atoms with Crippen molar-refractivity contribution in [2.24, 2.45) is 11.8 Å². The largest absolute Gasteiger partial charge is 0.472 e. The van der Waals surface area contributed by atoms with Crippen molar-refractivity contribution < 1.29 is 47.8 Å². The van der Waals surface area contributed by atoms with Crippen LogP contribution in [-0.2, 0) is 32.7 Å². The standard InChI is InChI=1S/C37H71O10P/c1-3-5-7-9-10-11-12-13-14-17-21-25-36(40)44-30-35(31-46-48(42,43)45-29-34(39)28-38)47-37(41)26-22-18-15-16-20-24-33-27-32(33)23-19-8-6-4-2/h32-35,38-39H,3-31H2,1-2H3,(H,42,43)/t32?,33?,34-,35+/m0/s1. The third kappa shape index (κ3) is 26.8. The Morgan fingerprint density at radius 3 is 1.60 bits per heavy atom. The van der Waals surface area contributed by atoms with Gasteiger partial charge in [-0.3, -0.25) is 18.6 Å². The Balaban J connectivity index is 2.29. The molecule has 0 aromatic heterocycles. The molecule has 0 bridgehead atoms. The molecule has 284 valence electrons. The normalized spacial score (nSPS) is 18.3.